The standard InChI is InChI=1S/C19H23NO2/c1-15(18(21)17-12-8-5-9-13-17)19(22-3)20(2)14-16-10-6-4-7-11-16/h4-13,15,19H,14H2,1-3H3. The maximum absolute atomic E-state index is 12.6. The highest BCUT2D eigenvalue weighted by Crippen LogP contribution is 2.18. The predicted octanol–water partition coefficient (Wildman–Crippen LogP) is 3.61. The van der Waals surface area contributed by atoms with Crippen molar-refractivity contribution >= 4 is 5.78 Å². The first-order valence-corrected chi connectivity index (χ1v) is 7.49. The van der Waals surface area contributed by atoms with Crippen LogP contribution in [0.25, 0.3) is 0 Å². The lowest BCUT2D eigenvalue weighted by atomic mass is 9.97. The van der Waals surface area contributed by atoms with E-state index >= 15 is 0 Å². The lowest BCUT2D eigenvalue weighted by molar-refractivity contribution is -0.0492. The van der Waals surface area contributed by atoms with Gasteiger partial charge in [0.25, 0.3) is 0 Å². The largest absolute Gasteiger partial charge is 0.366 e. The number of ketones is 1. The van der Waals surface area contributed by atoms with Gasteiger partial charge in [0, 0.05) is 19.2 Å². The van der Waals surface area contributed by atoms with E-state index in [0.29, 0.717) is 0 Å². The van der Waals surface area contributed by atoms with Gasteiger partial charge >= 0.3 is 0 Å². The number of benzene rings is 2. The molecule has 2 atom stereocenters. The van der Waals surface area contributed by atoms with Gasteiger partial charge in [-0.3, -0.25) is 9.69 Å². The van der Waals surface area contributed by atoms with Gasteiger partial charge in [-0.05, 0) is 12.6 Å². The first-order valence-electron chi connectivity index (χ1n) is 7.49. The fourth-order valence-electron chi connectivity index (χ4n) is 2.72. The molecule has 2 unspecified atom stereocenters. The molecule has 0 saturated carbocycles. The Balaban J connectivity index is 2.08. The Kier molecular flexibility index (Phi) is 5.87. The van der Waals surface area contributed by atoms with Crippen LogP contribution in [-0.2, 0) is 11.3 Å². The molecule has 0 N–H and O–H groups in total. The molecule has 0 saturated heterocycles. The van der Waals surface area contributed by atoms with Crippen LogP contribution in [0, 0.1) is 5.92 Å². The molecular formula is C19H23NO2. The normalized spacial score (nSPS) is 13.8. The molecule has 0 bridgehead atoms. The number of Topliss-reactive ketones (excluding diaryl/α,β-unsaturated/α-hetero) is 1. The smallest absolute Gasteiger partial charge is 0.169 e. The molecule has 2 rings (SSSR count). The minimum Gasteiger partial charge on any atom is -0.366 e. The van der Waals surface area contributed by atoms with Crippen molar-refractivity contribution in [2.75, 3.05) is 14.2 Å². The molecule has 0 fully saturated rings. The van der Waals surface area contributed by atoms with Gasteiger partial charge in [-0.1, -0.05) is 67.6 Å². The van der Waals surface area contributed by atoms with E-state index in [4.69, 9.17) is 4.74 Å². The van der Waals surface area contributed by atoms with Crippen molar-refractivity contribution in [1.82, 2.24) is 4.90 Å². The number of carbonyl (C=O) groups excluding carboxylic acids is 1. The Hall–Kier alpha value is -1.97. The highest BCUT2D eigenvalue weighted by atomic mass is 16.5. The van der Waals surface area contributed by atoms with E-state index in [1.165, 1.54) is 5.56 Å². The average Bonchev–Trinajstić information content (AvgIpc) is 2.56. The Morgan fingerprint density at radius 1 is 1.05 bits per heavy atom. The van der Waals surface area contributed by atoms with E-state index in [1.807, 2.05) is 62.5 Å². The molecule has 2 aromatic rings. The second-order valence-electron chi connectivity index (χ2n) is 5.55. The summed E-state index contributed by atoms with van der Waals surface area (Å²) in [5, 5.41) is 0. The van der Waals surface area contributed by atoms with Crippen molar-refractivity contribution in [3.05, 3.63) is 71.8 Å². The predicted molar refractivity (Wildman–Crippen MR) is 88.6 cm³/mol. The van der Waals surface area contributed by atoms with E-state index in [0.717, 1.165) is 12.1 Å². The average molecular weight is 297 g/mol. The Morgan fingerprint density at radius 2 is 1.59 bits per heavy atom. The maximum atomic E-state index is 12.6. The SMILES string of the molecule is COC(C(C)C(=O)c1ccccc1)N(C)Cc1ccccc1. The summed E-state index contributed by atoms with van der Waals surface area (Å²) in [4.78, 5) is 14.7. The number of ether oxygens (including phenoxy) is 1. The molecule has 0 aliphatic rings. The molecule has 116 valence electrons. The van der Waals surface area contributed by atoms with Gasteiger partial charge in [-0.2, -0.15) is 0 Å². The third-order valence-electron chi connectivity index (χ3n) is 3.85. The van der Waals surface area contributed by atoms with Gasteiger partial charge in [0.2, 0.25) is 0 Å². The summed E-state index contributed by atoms with van der Waals surface area (Å²) in [5.74, 6) is -0.131. The maximum Gasteiger partial charge on any atom is 0.169 e. The zero-order chi connectivity index (χ0) is 15.9. The zero-order valence-electron chi connectivity index (χ0n) is 13.4. The molecule has 0 aliphatic carbocycles. The van der Waals surface area contributed by atoms with Crippen LogP contribution in [0.5, 0.6) is 0 Å². The number of carbonyl (C=O) groups is 1. The van der Waals surface area contributed by atoms with E-state index in [2.05, 4.69) is 17.0 Å². The summed E-state index contributed by atoms with van der Waals surface area (Å²) in [6.45, 7) is 2.66. The molecule has 3 nitrogen and oxygen atoms in total. The molecule has 22 heavy (non-hydrogen) atoms. The summed E-state index contributed by atoms with van der Waals surface area (Å²) in [7, 11) is 3.64. The van der Waals surface area contributed by atoms with Crippen molar-refractivity contribution in [3.63, 3.8) is 0 Å². The summed E-state index contributed by atoms with van der Waals surface area (Å²) in [5.41, 5.74) is 1.93. The molecule has 0 spiro atoms. The van der Waals surface area contributed by atoms with Gasteiger partial charge in [-0.15, -0.1) is 0 Å². The summed E-state index contributed by atoms with van der Waals surface area (Å²) < 4.78 is 5.59. The van der Waals surface area contributed by atoms with Crippen molar-refractivity contribution in [2.24, 2.45) is 5.92 Å². The van der Waals surface area contributed by atoms with Crippen molar-refractivity contribution in [2.45, 2.75) is 19.7 Å². The van der Waals surface area contributed by atoms with Crippen LogP contribution in [-0.4, -0.2) is 31.1 Å². The van der Waals surface area contributed by atoms with Crippen LogP contribution in [0.4, 0.5) is 0 Å². The van der Waals surface area contributed by atoms with Crippen LogP contribution in [0.15, 0.2) is 60.7 Å². The Labute approximate surface area is 132 Å². The van der Waals surface area contributed by atoms with Gasteiger partial charge in [0.15, 0.2) is 5.78 Å². The van der Waals surface area contributed by atoms with Crippen molar-refractivity contribution in [3.8, 4) is 0 Å². The highest BCUT2D eigenvalue weighted by Gasteiger charge is 2.28. The lowest BCUT2D eigenvalue weighted by Crippen LogP contribution is -2.41. The molecule has 3 heteroatoms. The monoisotopic (exact) mass is 297 g/mol. The topological polar surface area (TPSA) is 29.5 Å². The minimum atomic E-state index is -0.257. The van der Waals surface area contributed by atoms with Crippen LogP contribution < -0.4 is 0 Å². The van der Waals surface area contributed by atoms with E-state index in [1.54, 1.807) is 7.11 Å². The summed E-state index contributed by atoms with van der Waals surface area (Å²) in [6, 6.07) is 19.6. The third-order valence-corrected chi connectivity index (χ3v) is 3.85. The van der Waals surface area contributed by atoms with E-state index in [-0.39, 0.29) is 17.9 Å². The first kappa shape index (κ1) is 16.4. The quantitative estimate of drug-likeness (QED) is 0.577. The summed E-state index contributed by atoms with van der Waals surface area (Å²) in [6.07, 6.45) is -0.257. The molecule has 0 radical (unpaired) electrons. The molecule has 0 heterocycles. The molecule has 2 aromatic carbocycles. The number of nitrogens with zero attached hydrogens (tertiary/aromatic N) is 1. The number of hydrogen-bond acceptors (Lipinski definition) is 3. The highest BCUT2D eigenvalue weighted by molar-refractivity contribution is 5.97. The number of methoxy groups -OCH3 is 1. The van der Waals surface area contributed by atoms with Gasteiger partial charge in [0.05, 0.1) is 5.92 Å². The zero-order valence-corrected chi connectivity index (χ0v) is 13.4. The minimum absolute atomic E-state index is 0.104. The second kappa shape index (κ2) is 7.87. The van der Waals surface area contributed by atoms with Gasteiger partial charge in [0.1, 0.15) is 6.23 Å². The van der Waals surface area contributed by atoms with Crippen molar-refractivity contribution in [1.29, 1.82) is 0 Å². The van der Waals surface area contributed by atoms with E-state index < -0.39 is 0 Å². The number of rotatable bonds is 7. The van der Waals surface area contributed by atoms with Crippen molar-refractivity contribution < 1.29 is 9.53 Å². The van der Waals surface area contributed by atoms with Crippen LogP contribution in [0.3, 0.4) is 0 Å². The second-order valence-corrected chi connectivity index (χ2v) is 5.55. The third kappa shape index (κ3) is 4.03. The molecule has 0 aliphatic heterocycles. The fourth-order valence-corrected chi connectivity index (χ4v) is 2.72. The van der Waals surface area contributed by atoms with Gasteiger partial charge < -0.3 is 4.74 Å². The van der Waals surface area contributed by atoms with Crippen LogP contribution in [0.2, 0.25) is 0 Å². The number of hydrogen-bond donors (Lipinski definition) is 0. The first-order chi connectivity index (χ1) is 10.6. The van der Waals surface area contributed by atoms with Gasteiger partial charge in [-0.25, -0.2) is 0 Å². The molecule has 0 amide bonds. The molecular weight excluding hydrogens is 274 g/mol. The van der Waals surface area contributed by atoms with E-state index in [9.17, 15) is 4.79 Å². The lowest BCUT2D eigenvalue weighted by Gasteiger charge is -2.31. The molecule has 0 aromatic heterocycles. The summed E-state index contributed by atoms with van der Waals surface area (Å²) >= 11 is 0. The Bertz CT molecular complexity index is 583. The fraction of sp³-hybridized carbons (Fsp3) is 0.316. The van der Waals surface area contributed by atoms with Crippen LogP contribution in [0.1, 0.15) is 22.8 Å². The van der Waals surface area contributed by atoms with Crippen LogP contribution >= 0.6 is 0 Å². The Morgan fingerprint density at radius 3 is 2.14 bits per heavy atom.